The Bertz CT molecular complexity index is 364. The fraction of sp³-hybridized carbons (Fsp3) is 0.200. The largest absolute Gasteiger partial charge is 0.316 e. The highest BCUT2D eigenvalue weighted by molar-refractivity contribution is 5.55. The lowest BCUT2D eigenvalue weighted by Gasteiger charge is -1.95. The number of hydrogen-bond donors (Lipinski definition) is 1. The van der Waals surface area contributed by atoms with Gasteiger partial charge in [-0.3, -0.25) is 0 Å². The van der Waals surface area contributed by atoms with Gasteiger partial charge in [-0.05, 0) is 24.2 Å². The third-order valence-corrected chi connectivity index (χ3v) is 1.66. The van der Waals surface area contributed by atoms with Gasteiger partial charge in [0.2, 0.25) is 0 Å². The summed E-state index contributed by atoms with van der Waals surface area (Å²) in [7, 11) is 1.89. The maximum absolute atomic E-state index is 8.26. The van der Waals surface area contributed by atoms with E-state index in [0.717, 1.165) is 12.1 Å². The molecule has 0 atom stereocenters. The quantitative estimate of drug-likeness (QED) is 0.440. The van der Waals surface area contributed by atoms with E-state index in [1.165, 1.54) is 0 Å². The summed E-state index contributed by atoms with van der Waals surface area (Å²) in [4.78, 5) is 2.73. The second kappa shape index (κ2) is 5.80. The molecule has 72 valence electrons. The summed E-state index contributed by atoms with van der Waals surface area (Å²) in [6.45, 7) is 0.825. The Labute approximate surface area is 82.9 Å². The van der Waals surface area contributed by atoms with Crippen molar-refractivity contribution in [2.24, 2.45) is 5.11 Å². The van der Waals surface area contributed by atoms with E-state index in [1.807, 2.05) is 37.4 Å². The first-order valence-corrected chi connectivity index (χ1v) is 4.33. The molecule has 4 heteroatoms. The van der Waals surface area contributed by atoms with E-state index < -0.39 is 0 Å². The van der Waals surface area contributed by atoms with Crippen molar-refractivity contribution >= 4 is 11.8 Å². The van der Waals surface area contributed by atoms with Crippen molar-refractivity contribution in [3.8, 4) is 0 Å². The maximum atomic E-state index is 8.26. The van der Waals surface area contributed by atoms with E-state index in [0.29, 0.717) is 5.69 Å². The third-order valence-electron chi connectivity index (χ3n) is 1.66. The van der Waals surface area contributed by atoms with Gasteiger partial charge in [0.15, 0.2) is 0 Å². The van der Waals surface area contributed by atoms with Crippen molar-refractivity contribution in [3.05, 3.63) is 46.3 Å². The summed E-state index contributed by atoms with van der Waals surface area (Å²) < 4.78 is 0. The minimum absolute atomic E-state index is 0.638. The molecule has 1 aromatic rings. The molecule has 0 saturated heterocycles. The van der Waals surface area contributed by atoms with Gasteiger partial charge in [-0.15, -0.1) is 0 Å². The van der Waals surface area contributed by atoms with Gasteiger partial charge in [-0.2, -0.15) is 0 Å². The van der Waals surface area contributed by atoms with Crippen LogP contribution in [0.25, 0.3) is 16.5 Å². The zero-order chi connectivity index (χ0) is 10.2. The van der Waals surface area contributed by atoms with Crippen LogP contribution >= 0.6 is 0 Å². The molecule has 1 N–H and O–H groups in total. The minimum atomic E-state index is 0.638. The van der Waals surface area contributed by atoms with E-state index in [-0.39, 0.29) is 0 Å². The Hall–Kier alpha value is -1.77. The van der Waals surface area contributed by atoms with Gasteiger partial charge >= 0.3 is 0 Å². The van der Waals surface area contributed by atoms with E-state index in [2.05, 4.69) is 15.3 Å². The summed E-state index contributed by atoms with van der Waals surface area (Å²) in [6.07, 6.45) is 3.99. The van der Waals surface area contributed by atoms with Gasteiger partial charge in [0, 0.05) is 17.1 Å². The molecule has 0 amide bonds. The molecule has 0 aliphatic rings. The molecule has 14 heavy (non-hydrogen) atoms. The van der Waals surface area contributed by atoms with E-state index in [9.17, 15) is 0 Å². The van der Waals surface area contributed by atoms with Gasteiger partial charge in [0.05, 0.1) is 0 Å². The molecular weight excluding hydrogens is 176 g/mol. The molecule has 0 aliphatic heterocycles. The number of nitrogens with one attached hydrogen (secondary N) is 1. The van der Waals surface area contributed by atoms with Crippen LogP contribution in [0.3, 0.4) is 0 Å². The molecule has 0 spiro atoms. The van der Waals surface area contributed by atoms with E-state index in [4.69, 9.17) is 5.53 Å². The van der Waals surface area contributed by atoms with Crippen LogP contribution in [0.2, 0.25) is 0 Å². The number of hydrogen-bond acceptors (Lipinski definition) is 2. The van der Waals surface area contributed by atoms with Crippen molar-refractivity contribution in [1.82, 2.24) is 5.32 Å². The van der Waals surface area contributed by atoms with Gasteiger partial charge in [-0.1, -0.05) is 35.5 Å². The lowest BCUT2D eigenvalue weighted by atomic mass is 10.2. The van der Waals surface area contributed by atoms with Crippen molar-refractivity contribution in [3.63, 3.8) is 0 Å². The monoisotopic (exact) mass is 188 g/mol. The Morgan fingerprint density at radius 3 is 3.14 bits per heavy atom. The predicted molar refractivity (Wildman–Crippen MR) is 58.2 cm³/mol. The first-order chi connectivity index (χ1) is 6.86. The summed E-state index contributed by atoms with van der Waals surface area (Å²) >= 11 is 0. The fourth-order valence-corrected chi connectivity index (χ4v) is 1.06. The van der Waals surface area contributed by atoms with Crippen molar-refractivity contribution in [2.45, 2.75) is 0 Å². The number of benzene rings is 1. The Kier molecular flexibility index (Phi) is 4.27. The van der Waals surface area contributed by atoms with Gasteiger partial charge in [-0.25, -0.2) is 0 Å². The lowest BCUT2D eigenvalue weighted by molar-refractivity contribution is 0.922. The van der Waals surface area contributed by atoms with Crippen molar-refractivity contribution < 1.29 is 0 Å². The Balaban J connectivity index is 2.77. The SMILES string of the molecule is CNCC=Cc1cccc(N=[N+]=[N-])c1. The highest BCUT2D eigenvalue weighted by Crippen LogP contribution is 2.14. The average molecular weight is 188 g/mol. The van der Waals surface area contributed by atoms with Crippen LogP contribution in [-0.2, 0) is 0 Å². The molecule has 0 unspecified atom stereocenters. The zero-order valence-electron chi connectivity index (χ0n) is 8.01. The highest BCUT2D eigenvalue weighted by atomic mass is 15.1. The molecule has 0 fully saturated rings. The summed E-state index contributed by atoms with van der Waals surface area (Å²) in [6, 6.07) is 7.44. The van der Waals surface area contributed by atoms with Gasteiger partial charge < -0.3 is 5.32 Å². The van der Waals surface area contributed by atoms with E-state index in [1.54, 1.807) is 6.07 Å². The molecule has 1 rings (SSSR count). The molecule has 0 aromatic heterocycles. The molecule has 0 heterocycles. The van der Waals surface area contributed by atoms with E-state index >= 15 is 0 Å². The first kappa shape index (κ1) is 10.3. The lowest BCUT2D eigenvalue weighted by Crippen LogP contribution is -2.03. The highest BCUT2D eigenvalue weighted by Gasteiger charge is 1.88. The van der Waals surface area contributed by atoms with Crippen LogP contribution in [0, 0.1) is 0 Å². The van der Waals surface area contributed by atoms with Gasteiger partial charge in [0.1, 0.15) is 0 Å². The Morgan fingerprint density at radius 1 is 1.57 bits per heavy atom. The molecule has 0 bridgehead atoms. The smallest absolute Gasteiger partial charge is 0.0381 e. The number of azide groups is 1. The Morgan fingerprint density at radius 2 is 2.43 bits per heavy atom. The van der Waals surface area contributed by atoms with Crippen LogP contribution in [-0.4, -0.2) is 13.6 Å². The summed E-state index contributed by atoms with van der Waals surface area (Å²) in [5.74, 6) is 0. The van der Waals surface area contributed by atoms with Crippen LogP contribution in [0.15, 0.2) is 35.5 Å². The normalized spacial score (nSPS) is 10.1. The van der Waals surface area contributed by atoms with Crippen LogP contribution in [0.5, 0.6) is 0 Å². The molecular formula is C10H12N4. The molecule has 1 aromatic carbocycles. The number of rotatable bonds is 4. The fourth-order valence-electron chi connectivity index (χ4n) is 1.06. The van der Waals surface area contributed by atoms with Crippen LogP contribution in [0.4, 0.5) is 5.69 Å². The molecule has 0 saturated carbocycles. The van der Waals surface area contributed by atoms with Crippen molar-refractivity contribution in [2.75, 3.05) is 13.6 Å². The van der Waals surface area contributed by atoms with Crippen LogP contribution < -0.4 is 5.32 Å². The third kappa shape index (κ3) is 3.31. The zero-order valence-corrected chi connectivity index (χ0v) is 8.01. The summed E-state index contributed by atoms with van der Waals surface area (Å²) in [5, 5.41) is 6.54. The number of likely N-dealkylation sites (N-methyl/N-ethyl adjacent to an activating group) is 1. The van der Waals surface area contributed by atoms with Crippen molar-refractivity contribution in [1.29, 1.82) is 0 Å². The van der Waals surface area contributed by atoms with Gasteiger partial charge in [0.25, 0.3) is 0 Å². The second-order valence-electron chi connectivity index (χ2n) is 2.74. The van der Waals surface area contributed by atoms with Crippen LogP contribution in [0.1, 0.15) is 5.56 Å². The first-order valence-electron chi connectivity index (χ1n) is 4.33. The summed E-state index contributed by atoms with van der Waals surface area (Å²) in [5.41, 5.74) is 9.93. The average Bonchev–Trinajstić information content (AvgIpc) is 2.19. The number of nitrogens with zero attached hydrogens (tertiary/aromatic N) is 3. The minimum Gasteiger partial charge on any atom is -0.316 e. The maximum Gasteiger partial charge on any atom is 0.0381 e. The topological polar surface area (TPSA) is 60.8 Å². The second-order valence-corrected chi connectivity index (χ2v) is 2.74. The standard InChI is InChI=1S/C10H12N4/c1-12-7-3-5-9-4-2-6-10(8-9)13-14-11/h2-6,8,12H,7H2,1H3. The molecule has 4 nitrogen and oxygen atoms in total. The molecule has 0 radical (unpaired) electrons. The molecule has 0 aliphatic carbocycles. The predicted octanol–water partition coefficient (Wildman–Crippen LogP) is 2.86.